The van der Waals surface area contributed by atoms with Gasteiger partial charge in [-0.05, 0) is 38.1 Å². The maximum atomic E-state index is 8.54. The fraction of sp³-hybridized carbons (Fsp3) is 0.357. The van der Waals surface area contributed by atoms with Gasteiger partial charge in [0.05, 0.1) is 5.54 Å². The van der Waals surface area contributed by atoms with Crippen LogP contribution in [0.25, 0.3) is 0 Å². The standard InChI is InChI=1S/C14H19N3O2/c1-4-14(2,3)16-9-10-19-12-7-5-11(6-8-12)13(15)17-18/h1,5-8,16,18H,9-10H2,2-3H3,(H2,15,17). The number of amidine groups is 1. The van der Waals surface area contributed by atoms with Crippen LogP contribution in [-0.4, -0.2) is 29.7 Å². The van der Waals surface area contributed by atoms with Crippen LogP contribution in [0, 0.1) is 12.3 Å². The van der Waals surface area contributed by atoms with Crippen molar-refractivity contribution in [2.24, 2.45) is 10.9 Å². The third-order valence-corrected chi connectivity index (χ3v) is 2.56. The molecule has 0 aliphatic heterocycles. The lowest BCUT2D eigenvalue weighted by Gasteiger charge is -2.19. The van der Waals surface area contributed by atoms with E-state index in [2.05, 4.69) is 16.4 Å². The van der Waals surface area contributed by atoms with Crippen LogP contribution < -0.4 is 15.8 Å². The van der Waals surface area contributed by atoms with E-state index >= 15 is 0 Å². The number of hydrogen-bond acceptors (Lipinski definition) is 4. The molecular weight excluding hydrogens is 242 g/mol. The van der Waals surface area contributed by atoms with Crippen LogP contribution in [-0.2, 0) is 0 Å². The molecule has 0 fully saturated rings. The number of nitrogens with one attached hydrogen (secondary N) is 1. The van der Waals surface area contributed by atoms with E-state index < -0.39 is 0 Å². The highest BCUT2D eigenvalue weighted by Crippen LogP contribution is 2.11. The first-order valence-corrected chi connectivity index (χ1v) is 5.92. The second-order valence-electron chi connectivity index (χ2n) is 4.55. The Morgan fingerprint density at radius 1 is 1.47 bits per heavy atom. The minimum Gasteiger partial charge on any atom is -0.492 e. The predicted octanol–water partition coefficient (Wildman–Crippen LogP) is 1.16. The van der Waals surface area contributed by atoms with Crippen molar-refractivity contribution in [1.29, 1.82) is 0 Å². The van der Waals surface area contributed by atoms with Crippen molar-refractivity contribution in [2.75, 3.05) is 13.2 Å². The monoisotopic (exact) mass is 261 g/mol. The van der Waals surface area contributed by atoms with Crippen molar-refractivity contribution in [3.8, 4) is 18.1 Å². The van der Waals surface area contributed by atoms with Crippen molar-refractivity contribution in [2.45, 2.75) is 19.4 Å². The van der Waals surface area contributed by atoms with Gasteiger partial charge in [-0.25, -0.2) is 0 Å². The number of terminal acetylenes is 1. The molecule has 5 nitrogen and oxygen atoms in total. The molecule has 4 N–H and O–H groups in total. The van der Waals surface area contributed by atoms with Gasteiger partial charge in [0, 0.05) is 12.1 Å². The third kappa shape index (κ3) is 4.90. The molecule has 0 atom stereocenters. The summed E-state index contributed by atoms with van der Waals surface area (Å²) in [6.45, 7) is 5.02. The summed E-state index contributed by atoms with van der Waals surface area (Å²) in [6, 6.07) is 6.98. The number of hydrogen-bond donors (Lipinski definition) is 3. The van der Waals surface area contributed by atoms with Gasteiger partial charge < -0.3 is 15.7 Å². The zero-order valence-corrected chi connectivity index (χ0v) is 11.2. The van der Waals surface area contributed by atoms with Gasteiger partial charge >= 0.3 is 0 Å². The molecule has 5 heteroatoms. The van der Waals surface area contributed by atoms with Gasteiger partial charge in [-0.3, -0.25) is 5.32 Å². The highest BCUT2D eigenvalue weighted by Gasteiger charge is 2.11. The van der Waals surface area contributed by atoms with E-state index in [9.17, 15) is 0 Å². The molecule has 0 saturated heterocycles. The Balaban J connectivity index is 2.41. The molecule has 1 rings (SSSR count). The first-order valence-electron chi connectivity index (χ1n) is 5.92. The molecule has 0 radical (unpaired) electrons. The Bertz CT molecular complexity index is 472. The fourth-order valence-corrected chi connectivity index (χ4v) is 1.36. The van der Waals surface area contributed by atoms with E-state index in [4.69, 9.17) is 22.1 Å². The molecule has 0 unspecified atom stereocenters. The molecule has 0 amide bonds. The lowest BCUT2D eigenvalue weighted by atomic mass is 10.1. The molecular formula is C14H19N3O2. The summed E-state index contributed by atoms with van der Waals surface area (Å²) in [5.74, 6) is 3.44. The SMILES string of the molecule is C#CC(C)(C)NCCOc1ccc(C(N)=NO)cc1. The summed E-state index contributed by atoms with van der Waals surface area (Å²) < 4.78 is 5.54. The van der Waals surface area contributed by atoms with Gasteiger partial charge in [0.25, 0.3) is 0 Å². The van der Waals surface area contributed by atoms with E-state index in [1.165, 1.54) is 0 Å². The van der Waals surface area contributed by atoms with Crippen molar-refractivity contribution in [1.82, 2.24) is 5.32 Å². The summed E-state index contributed by atoms with van der Waals surface area (Å²) in [5, 5.41) is 14.6. The molecule has 0 aliphatic carbocycles. The zero-order valence-electron chi connectivity index (χ0n) is 11.2. The molecule has 0 spiro atoms. The second kappa shape index (κ2) is 6.66. The molecule has 0 bridgehead atoms. The number of benzene rings is 1. The number of nitrogens with two attached hydrogens (primary N) is 1. The van der Waals surface area contributed by atoms with E-state index in [-0.39, 0.29) is 11.4 Å². The van der Waals surface area contributed by atoms with Crippen LogP contribution in [0.2, 0.25) is 0 Å². The maximum Gasteiger partial charge on any atom is 0.170 e. The molecule has 0 aromatic heterocycles. The molecule has 102 valence electrons. The number of nitrogens with zero attached hydrogens (tertiary/aromatic N) is 1. The highest BCUT2D eigenvalue weighted by atomic mass is 16.5. The molecule has 1 aromatic rings. The summed E-state index contributed by atoms with van der Waals surface area (Å²) in [7, 11) is 0. The Kier molecular flexibility index (Phi) is 5.22. The Morgan fingerprint density at radius 2 is 2.11 bits per heavy atom. The Morgan fingerprint density at radius 3 is 2.63 bits per heavy atom. The number of rotatable bonds is 6. The quantitative estimate of drug-likeness (QED) is 0.179. The van der Waals surface area contributed by atoms with Gasteiger partial charge in [0.15, 0.2) is 5.84 Å². The zero-order chi connectivity index (χ0) is 14.3. The minimum atomic E-state index is -0.334. The van der Waals surface area contributed by atoms with Crippen molar-refractivity contribution in [3.63, 3.8) is 0 Å². The summed E-state index contributed by atoms with van der Waals surface area (Å²) in [4.78, 5) is 0. The lowest BCUT2D eigenvalue weighted by molar-refractivity contribution is 0.300. The first kappa shape index (κ1) is 14.9. The normalized spacial score (nSPS) is 11.9. The van der Waals surface area contributed by atoms with Crippen molar-refractivity contribution in [3.05, 3.63) is 29.8 Å². The van der Waals surface area contributed by atoms with E-state index in [0.717, 1.165) is 5.75 Å². The Hall–Kier alpha value is -2.19. The molecule has 0 heterocycles. The topological polar surface area (TPSA) is 79.9 Å². The van der Waals surface area contributed by atoms with Gasteiger partial charge in [0.2, 0.25) is 0 Å². The van der Waals surface area contributed by atoms with E-state index in [1.807, 2.05) is 13.8 Å². The lowest BCUT2D eigenvalue weighted by Crippen LogP contribution is -2.40. The van der Waals surface area contributed by atoms with Gasteiger partial charge in [0.1, 0.15) is 12.4 Å². The Labute approximate surface area is 113 Å². The fourth-order valence-electron chi connectivity index (χ4n) is 1.36. The van der Waals surface area contributed by atoms with Gasteiger partial charge in [-0.2, -0.15) is 0 Å². The molecule has 19 heavy (non-hydrogen) atoms. The second-order valence-corrected chi connectivity index (χ2v) is 4.55. The summed E-state index contributed by atoms with van der Waals surface area (Å²) in [5.41, 5.74) is 5.77. The average Bonchev–Trinajstić information content (AvgIpc) is 2.43. The molecule has 1 aromatic carbocycles. The largest absolute Gasteiger partial charge is 0.492 e. The van der Waals surface area contributed by atoms with Crippen LogP contribution in [0.1, 0.15) is 19.4 Å². The van der Waals surface area contributed by atoms with Crippen LogP contribution >= 0.6 is 0 Å². The van der Waals surface area contributed by atoms with Gasteiger partial charge in [-0.15, -0.1) is 6.42 Å². The highest BCUT2D eigenvalue weighted by molar-refractivity contribution is 5.97. The molecule has 0 saturated carbocycles. The smallest absolute Gasteiger partial charge is 0.170 e. The summed E-state index contributed by atoms with van der Waals surface area (Å²) in [6.07, 6.45) is 5.36. The predicted molar refractivity (Wildman–Crippen MR) is 75.4 cm³/mol. The summed E-state index contributed by atoms with van der Waals surface area (Å²) >= 11 is 0. The number of oxime groups is 1. The van der Waals surface area contributed by atoms with Gasteiger partial charge in [-0.1, -0.05) is 11.1 Å². The van der Waals surface area contributed by atoms with Crippen LogP contribution in [0.4, 0.5) is 0 Å². The van der Waals surface area contributed by atoms with E-state index in [1.54, 1.807) is 24.3 Å². The number of ether oxygens (including phenoxy) is 1. The molecule has 0 aliphatic rings. The average molecular weight is 261 g/mol. The van der Waals surface area contributed by atoms with Crippen molar-refractivity contribution < 1.29 is 9.94 Å². The van der Waals surface area contributed by atoms with E-state index in [0.29, 0.717) is 18.7 Å². The van der Waals surface area contributed by atoms with Crippen molar-refractivity contribution >= 4 is 5.84 Å². The first-order chi connectivity index (χ1) is 8.98. The minimum absolute atomic E-state index is 0.0731. The third-order valence-electron chi connectivity index (χ3n) is 2.56. The van der Waals surface area contributed by atoms with Crippen LogP contribution in [0.15, 0.2) is 29.4 Å². The van der Waals surface area contributed by atoms with Crippen LogP contribution in [0.5, 0.6) is 5.75 Å². The maximum absolute atomic E-state index is 8.54. The van der Waals surface area contributed by atoms with Crippen LogP contribution in [0.3, 0.4) is 0 Å².